The van der Waals surface area contributed by atoms with E-state index in [2.05, 4.69) is 9.36 Å². The summed E-state index contributed by atoms with van der Waals surface area (Å²) in [5, 5.41) is 9.34. The largest absolute Gasteiger partial charge is 0.478 e. The van der Waals surface area contributed by atoms with Crippen molar-refractivity contribution in [1.82, 2.24) is 9.36 Å². The second-order valence-electron chi connectivity index (χ2n) is 3.23. The summed E-state index contributed by atoms with van der Waals surface area (Å²) in [6.07, 6.45) is 0.723. The molecule has 0 fully saturated rings. The van der Waals surface area contributed by atoms with Crippen LogP contribution >= 0.6 is 11.5 Å². The van der Waals surface area contributed by atoms with E-state index >= 15 is 0 Å². The van der Waals surface area contributed by atoms with Gasteiger partial charge in [-0.15, -0.1) is 0 Å². The highest BCUT2D eigenvalue weighted by Crippen LogP contribution is 2.26. The minimum absolute atomic E-state index is 0.112. The number of carbonyl (C=O) groups is 1. The molecule has 0 radical (unpaired) electrons. The van der Waals surface area contributed by atoms with Crippen LogP contribution in [0.1, 0.15) is 23.1 Å². The summed E-state index contributed by atoms with van der Waals surface area (Å²) in [5.41, 5.74) is 0.112. The van der Waals surface area contributed by atoms with Crippen molar-refractivity contribution in [2.45, 2.75) is 13.3 Å². The number of hydrogen-bond donors (Lipinski definition) is 1. The molecule has 2 aromatic rings. The zero-order chi connectivity index (χ0) is 12.3. The molecule has 5 nitrogen and oxygen atoms in total. The molecule has 88 valence electrons. The summed E-state index contributed by atoms with van der Waals surface area (Å²) < 4.78 is 9.48. The zero-order valence-electron chi connectivity index (χ0n) is 9.08. The Hall–Kier alpha value is -1.95. The summed E-state index contributed by atoms with van der Waals surface area (Å²) in [7, 11) is 0. The molecule has 0 saturated carbocycles. The molecule has 1 aromatic carbocycles. The van der Waals surface area contributed by atoms with Gasteiger partial charge in [0.1, 0.15) is 17.1 Å². The number of nitrogens with zero attached hydrogens (tertiary/aromatic N) is 2. The van der Waals surface area contributed by atoms with Crippen LogP contribution < -0.4 is 4.74 Å². The van der Waals surface area contributed by atoms with Crippen molar-refractivity contribution in [2.75, 3.05) is 0 Å². The number of aromatic nitrogens is 2. The van der Waals surface area contributed by atoms with Gasteiger partial charge in [0.25, 0.3) is 5.19 Å². The minimum atomic E-state index is -1.03. The highest BCUT2D eigenvalue weighted by Gasteiger charge is 2.12. The summed E-state index contributed by atoms with van der Waals surface area (Å²) in [6, 6.07) is 6.44. The highest BCUT2D eigenvalue weighted by atomic mass is 32.1. The standard InChI is InChI=1S/C11H10N2O3S/c1-2-9-12-11(17-13-9)16-8-6-4-3-5-7(8)10(14)15/h3-6H,2H2,1H3,(H,14,15). The molecule has 17 heavy (non-hydrogen) atoms. The number of carboxylic acids is 1. The van der Waals surface area contributed by atoms with Crippen molar-refractivity contribution in [3.8, 4) is 10.9 Å². The number of carboxylic acid groups (broad SMARTS) is 1. The lowest BCUT2D eigenvalue weighted by Gasteiger charge is -2.04. The third-order valence-electron chi connectivity index (χ3n) is 2.08. The lowest BCUT2D eigenvalue weighted by Crippen LogP contribution is -1.99. The van der Waals surface area contributed by atoms with Crippen LogP contribution in [0.25, 0.3) is 0 Å². The van der Waals surface area contributed by atoms with E-state index in [1.807, 2.05) is 6.92 Å². The molecule has 0 saturated heterocycles. The maximum absolute atomic E-state index is 11.0. The van der Waals surface area contributed by atoms with Crippen LogP contribution in [0.15, 0.2) is 24.3 Å². The Morgan fingerprint density at radius 3 is 2.88 bits per heavy atom. The first kappa shape index (κ1) is 11.5. The van der Waals surface area contributed by atoms with E-state index in [9.17, 15) is 4.79 Å². The van der Waals surface area contributed by atoms with Crippen LogP contribution in [-0.2, 0) is 6.42 Å². The summed E-state index contributed by atoms with van der Waals surface area (Å²) in [6.45, 7) is 1.94. The molecule has 0 unspecified atom stereocenters. The third-order valence-corrected chi connectivity index (χ3v) is 2.71. The molecule has 0 atom stereocenters. The summed E-state index contributed by atoms with van der Waals surface area (Å²) in [5.74, 6) is -0.0579. The van der Waals surface area contributed by atoms with E-state index in [0.717, 1.165) is 18.0 Å². The molecule has 0 bridgehead atoms. The normalized spacial score (nSPS) is 10.2. The number of aromatic carboxylic acids is 1. The Morgan fingerprint density at radius 1 is 1.47 bits per heavy atom. The van der Waals surface area contributed by atoms with Crippen LogP contribution in [0.5, 0.6) is 10.9 Å². The van der Waals surface area contributed by atoms with E-state index in [1.54, 1.807) is 18.2 Å². The molecule has 0 aliphatic heterocycles. The van der Waals surface area contributed by atoms with Gasteiger partial charge in [-0.3, -0.25) is 0 Å². The monoisotopic (exact) mass is 250 g/mol. The smallest absolute Gasteiger partial charge is 0.339 e. The van der Waals surface area contributed by atoms with Crippen molar-refractivity contribution in [1.29, 1.82) is 0 Å². The molecule has 0 spiro atoms. The average Bonchev–Trinajstić information content (AvgIpc) is 2.77. The zero-order valence-corrected chi connectivity index (χ0v) is 9.90. The number of para-hydroxylation sites is 1. The van der Waals surface area contributed by atoms with E-state index < -0.39 is 5.97 Å². The maximum Gasteiger partial charge on any atom is 0.339 e. The maximum atomic E-state index is 11.0. The molecule has 6 heteroatoms. The fraction of sp³-hybridized carbons (Fsp3) is 0.182. The molecule has 1 heterocycles. The van der Waals surface area contributed by atoms with Gasteiger partial charge < -0.3 is 9.84 Å². The Labute approximate surface area is 102 Å². The molecule has 1 aromatic heterocycles. The number of hydrogen-bond acceptors (Lipinski definition) is 5. The predicted molar refractivity (Wildman–Crippen MR) is 62.8 cm³/mol. The molecular formula is C11H10N2O3S. The first-order chi connectivity index (χ1) is 8.20. The van der Waals surface area contributed by atoms with Gasteiger partial charge in [-0.1, -0.05) is 19.1 Å². The SMILES string of the molecule is CCc1nsc(Oc2ccccc2C(=O)O)n1. The van der Waals surface area contributed by atoms with Crippen LogP contribution in [0.4, 0.5) is 0 Å². The Balaban J connectivity index is 2.26. The van der Waals surface area contributed by atoms with Gasteiger partial charge >= 0.3 is 5.97 Å². The van der Waals surface area contributed by atoms with Gasteiger partial charge in [0, 0.05) is 18.0 Å². The topological polar surface area (TPSA) is 72.3 Å². The molecule has 0 aliphatic rings. The Morgan fingerprint density at radius 2 is 2.24 bits per heavy atom. The predicted octanol–water partition coefficient (Wildman–Crippen LogP) is 2.59. The molecule has 0 amide bonds. The van der Waals surface area contributed by atoms with Crippen LogP contribution in [0.3, 0.4) is 0 Å². The van der Waals surface area contributed by atoms with Crippen molar-refractivity contribution in [3.05, 3.63) is 35.7 Å². The lowest BCUT2D eigenvalue weighted by atomic mass is 10.2. The number of aryl methyl sites for hydroxylation is 1. The molecule has 1 N–H and O–H groups in total. The van der Waals surface area contributed by atoms with Crippen LogP contribution in [0.2, 0.25) is 0 Å². The highest BCUT2D eigenvalue weighted by molar-refractivity contribution is 7.07. The van der Waals surface area contributed by atoms with E-state index in [4.69, 9.17) is 9.84 Å². The average molecular weight is 250 g/mol. The van der Waals surface area contributed by atoms with Gasteiger partial charge in [0.2, 0.25) is 0 Å². The van der Waals surface area contributed by atoms with Gasteiger partial charge in [-0.05, 0) is 12.1 Å². The van der Waals surface area contributed by atoms with E-state index in [0.29, 0.717) is 11.0 Å². The first-order valence-corrected chi connectivity index (χ1v) is 5.80. The summed E-state index contributed by atoms with van der Waals surface area (Å²) >= 11 is 1.11. The van der Waals surface area contributed by atoms with Crippen LogP contribution in [0, 0.1) is 0 Å². The van der Waals surface area contributed by atoms with Gasteiger partial charge in [-0.25, -0.2) is 4.79 Å². The van der Waals surface area contributed by atoms with Crippen molar-refractivity contribution in [2.24, 2.45) is 0 Å². The van der Waals surface area contributed by atoms with Gasteiger partial charge in [0.05, 0.1) is 0 Å². The van der Waals surface area contributed by atoms with Gasteiger partial charge in [0.15, 0.2) is 0 Å². The van der Waals surface area contributed by atoms with Crippen molar-refractivity contribution < 1.29 is 14.6 Å². The Kier molecular flexibility index (Phi) is 3.34. The second kappa shape index (κ2) is 4.92. The number of ether oxygens (including phenoxy) is 1. The van der Waals surface area contributed by atoms with Gasteiger partial charge in [-0.2, -0.15) is 9.36 Å². The fourth-order valence-corrected chi connectivity index (χ4v) is 1.88. The Bertz CT molecular complexity index is 539. The minimum Gasteiger partial charge on any atom is -0.478 e. The lowest BCUT2D eigenvalue weighted by molar-refractivity contribution is 0.0694. The van der Waals surface area contributed by atoms with Crippen molar-refractivity contribution in [3.63, 3.8) is 0 Å². The number of rotatable bonds is 4. The van der Waals surface area contributed by atoms with Crippen LogP contribution in [-0.4, -0.2) is 20.4 Å². The van der Waals surface area contributed by atoms with E-state index in [1.165, 1.54) is 6.07 Å². The number of benzene rings is 1. The van der Waals surface area contributed by atoms with Crippen molar-refractivity contribution >= 4 is 17.5 Å². The molecule has 0 aliphatic carbocycles. The fourth-order valence-electron chi connectivity index (χ4n) is 1.25. The van der Waals surface area contributed by atoms with E-state index in [-0.39, 0.29) is 11.3 Å². The molecular weight excluding hydrogens is 240 g/mol. The summed E-state index contributed by atoms with van der Waals surface area (Å²) in [4.78, 5) is 15.1. The first-order valence-electron chi connectivity index (χ1n) is 5.03. The quantitative estimate of drug-likeness (QED) is 0.902. The third kappa shape index (κ3) is 2.59. The second-order valence-corrected chi connectivity index (χ2v) is 3.95. The molecule has 2 rings (SSSR count).